The Bertz CT molecular complexity index is 1610. The smallest absolute Gasteiger partial charge is 0.439 e. The summed E-state index contributed by atoms with van der Waals surface area (Å²) in [5.41, 5.74) is 6.80. The van der Waals surface area contributed by atoms with Crippen molar-refractivity contribution in [2.45, 2.75) is 33.5 Å². The first-order valence-electron chi connectivity index (χ1n) is 12.1. The molecule has 0 radical (unpaired) electrons. The second kappa shape index (κ2) is 10.2. The van der Waals surface area contributed by atoms with Gasteiger partial charge < -0.3 is 14.4 Å². The normalized spacial score (nSPS) is 13.8. The fraction of sp³-hybridized carbons (Fsp3) is 0.286. The number of aryl methyl sites for hydroxylation is 1. The van der Waals surface area contributed by atoms with Crippen LogP contribution in [0.3, 0.4) is 0 Å². The van der Waals surface area contributed by atoms with E-state index in [9.17, 15) is 9.18 Å². The number of aromatic amines is 1. The first-order valence-corrected chi connectivity index (χ1v) is 12.1. The number of benzene rings is 2. The SMILES string of the molecule is COCc1nc(C)nc(N(C)C)c1Cc1ccc2c(c1)COc1cc(F)ccc1C2=C(C)c1noc(=O)[nH]1. The summed E-state index contributed by atoms with van der Waals surface area (Å²) in [6, 6.07) is 10.6. The van der Waals surface area contributed by atoms with Gasteiger partial charge in [0.2, 0.25) is 0 Å². The van der Waals surface area contributed by atoms with Crippen LogP contribution in [0, 0.1) is 12.7 Å². The highest BCUT2D eigenvalue weighted by atomic mass is 19.1. The minimum absolute atomic E-state index is 0.238. The zero-order valence-electron chi connectivity index (χ0n) is 21.9. The molecule has 0 saturated heterocycles. The van der Waals surface area contributed by atoms with Gasteiger partial charge in [-0.15, -0.1) is 0 Å². The molecule has 0 spiro atoms. The predicted molar refractivity (Wildman–Crippen MR) is 141 cm³/mol. The molecule has 4 aromatic rings. The monoisotopic (exact) mass is 517 g/mol. The summed E-state index contributed by atoms with van der Waals surface area (Å²) in [5, 5.41) is 3.87. The van der Waals surface area contributed by atoms with Crippen molar-refractivity contribution in [2.75, 3.05) is 26.1 Å². The van der Waals surface area contributed by atoms with Crippen LogP contribution >= 0.6 is 0 Å². The number of allylic oxidation sites excluding steroid dienone is 1. The summed E-state index contributed by atoms with van der Waals surface area (Å²) in [7, 11) is 5.56. The molecule has 5 rings (SSSR count). The first kappa shape index (κ1) is 25.3. The van der Waals surface area contributed by atoms with E-state index >= 15 is 0 Å². The highest BCUT2D eigenvalue weighted by Crippen LogP contribution is 2.41. The molecule has 0 amide bonds. The number of aromatic nitrogens is 4. The van der Waals surface area contributed by atoms with E-state index in [0.717, 1.165) is 39.3 Å². The van der Waals surface area contributed by atoms with Gasteiger partial charge in [0.1, 0.15) is 29.8 Å². The van der Waals surface area contributed by atoms with E-state index in [4.69, 9.17) is 14.0 Å². The van der Waals surface area contributed by atoms with Crippen LogP contribution in [0.2, 0.25) is 0 Å². The molecule has 0 atom stereocenters. The van der Waals surface area contributed by atoms with Crippen molar-refractivity contribution in [3.8, 4) is 5.75 Å². The average Bonchev–Trinajstić information content (AvgIpc) is 3.25. The number of halogens is 1. The molecule has 0 aliphatic carbocycles. The summed E-state index contributed by atoms with van der Waals surface area (Å²) in [5.74, 6) is 1.18. The number of rotatable bonds is 6. The van der Waals surface area contributed by atoms with Gasteiger partial charge in [0.25, 0.3) is 0 Å². The van der Waals surface area contributed by atoms with E-state index in [2.05, 4.69) is 26.2 Å². The van der Waals surface area contributed by atoms with E-state index in [1.165, 1.54) is 12.1 Å². The van der Waals surface area contributed by atoms with Crippen LogP contribution in [0.25, 0.3) is 11.1 Å². The van der Waals surface area contributed by atoms with E-state index in [1.807, 2.05) is 45.0 Å². The van der Waals surface area contributed by atoms with Crippen molar-refractivity contribution in [1.29, 1.82) is 0 Å². The van der Waals surface area contributed by atoms with Crippen LogP contribution in [0.15, 0.2) is 45.7 Å². The number of H-pyrrole nitrogens is 1. The molecule has 0 bridgehead atoms. The zero-order valence-corrected chi connectivity index (χ0v) is 21.9. The van der Waals surface area contributed by atoms with Crippen molar-refractivity contribution in [3.63, 3.8) is 0 Å². The number of nitrogens with one attached hydrogen (secondary N) is 1. The van der Waals surface area contributed by atoms with Crippen LogP contribution in [-0.4, -0.2) is 41.3 Å². The van der Waals surface area contributed by atoms with Crippen molar-refractivity contribution in [3.05, 3.63) is 97.9 Å². The van der Waals surface area contributed by atoms with Gasteiger partial charge >= 0.3 is 5.76 Å². The average molecular weight is 518 g/mol. The van der Waals surface area contributed by atoms with E-state index < -0.39 is 11.6 Å². The van der Waals surface area contributed by atoms with Crippen LogP contribution in [0.5, 0.6) is 5.75 Å². The van der Waals surface area contributed by atoms with Gasteiger partial charge in [-0.25, -0.2) is 19.2 Å². The third-order valence-corrected chi connectivity index (χ3v) is 6.47. The van der Waals surface area contributed by atoms with Gasteiger partial charge in [-0.05, 0) is 48.2 Å². The number of hydrogen-bond donors (Lipinski definition) is 1. The summed E-state index contributed by atoms with van der Waals surface area (Å²) < 4.78 is 30.4. The molecule has 0 fully saturated rings. The highest BCUT2D eigenvalue weighted by Gasteiger charge is 2.24. The number of anilines is 1. The second-order valence-corrected chi connectivity index (χ2v) is 9.39. The molecule has 0 saturated carbocycles. The molecule has 2 aromatic carbocycles. The summed E-state index contributed by atoms with van der Waals surface area (Å²) in [6.07, 6.45) is 0.579. The molecule has 2 aromatic heterocycles. The lowest BCUT2D eigenvalue weighted by molar-refractivity contribution is 0.180. The maximum atomic E-state index is 14.2. The molecular formula is C28H28FN5O4. The number of methoxy groups -OCH3 is 1. The Morgan fingerprint density at radius 3 is 2.66 bits per heavy atom. The number of nitrogens with zero attached hydrogens (tertiary/aromatic N) is 4. The Hall–Kier alpha value is -4.31. The quantitative estimate of drug-likeness (QED) is 0.404. The lowest BCUT2D eigenvalue weighted by atomic mass is 9.88. The summed E-state index contributed by atoms with van der Waals surface area (Å²) >= 11 is 0. The van der Waals surface area contributed by atoms with Crippen molar-refractivity contribution in [2.24, 2.45) is 0 Å². The molecule has 0 unspecified atom stereocenters. The van der Waals surface area contributed by atoms with Crippen LogP contribution < -0.4 is 15.4 Å². The molecule has 1 aliphatic heterocycles. The maximum absolute atomic E-state index is 14.2. The molecule has 9 nitrogen and oxygen atoms in total. The lowest BCUT2D eigenvalue weighted by Gasteiger charge is -2.20. The van der Waals surface area contributed by atoms with Gasteiger partial charge in [0.05, 0.1) is 12.3 Å². The van der Waals surface area contributed by atoms with E-state index in [1.54, 1.807) is 13.2 Å². The minimum atomic E-state index is -0.649. The largest absolute Gasteiger partial charge is 0.488 e. The van der Waals surface area contributed by atoms with Gasteiger partial charge in [-0.2, -0.15) is 0 Å². The fourth-order valence-electron chi connectivity index (χ4n) is 4.81. The Morgan fingerprint density at radius 1 is 1.16 bits per heavy atom. The van der Waals surface area contributed by atoms with Crippen molar-refractivity contribution < 1.29 is 18.4 Å². The highest BCUT2D eigenvalue weighted by molar-refractivity contribution is 5.99. The van der Waals surface area contributed by atoms with Gasteiger partial charge in [-0.3, -0.25) is 9.51 Å². The second-order valence-electron chi connectivity index (χ2n) is 9.39. The number of fused-ring (bicyclic) bond motifs is 2. The van der Waals surface area contributed by atoms with Crippen molar-refractivity contribution in [1.82, 2.24) is 20.1 Å². The summed E-state index contributed by atoms with van der Waals surface area (Å²) in [6.45, 7) is 4.32. The first-order chi connectivity index (χ1) is 18.2. The van der Waals surface area contributed by atoms with Crippen LogP contribution in [-0.2, 0) is 24.4 Å². The zero-order chi connectivity index (χ0) is 27.0. The Morgan fingerprint density at radius 2 is 1.95 bits per heavy atom. The molecule has 38 heavy (non-hydrogen) atoms. The van der Waals surface area contributed by atoms with Gasteiger partial charge in [-0.1, -0.05) is 23.4 Å². The Labute approximate surface area is 218 Å². The molecule has 1 N–H and O–H groups in total. The lowest BCUT2D eigenvalue weighted by Crippen LogP contribution is -2.17. The third-order valence-electron chi connectivity index (χ3n) is 6.47. The number of ether oxygens (including phenoxy) is 2. The molecule has 196 valence electrons. The summed E-state index contributed by atoms with van der Waals surface area (Å²) in [4.78, 5) is 25.6. The van der Waals surface area contributed by atoms with Crippen LogP contribution in [0.1, 0.15) is 52.1 Å². The third kappa shape index (κ3) is 4.82. The van der Waals surface area contributed by atoms with Gasteiger partial charge in [0.15, 0.2) is 5.82 Å². The Kier molecular flexibility index (Phi) is 6.81. The molecule has 3 heterocycles. The minimum Gasteiger partial charge on any atom is -0.488 e. The standard InChI is InChI=1S/C28H28FN5O4/c1-15(26-32-28(35)38-33-26)25-20-8-6-17(10-18(20)13-37-24-12-19(29)7-9-21(24)25)11-22-23(14-36-5)30-16(2)31-27(22)34(3)4/h6-10,12H,11,13-14H2,1-5H3,(H,32,33,35). The van der Waals surface area contributed by atoms with E-state index in [-0.39, 0.29) is 6.61 Å². The van der Waals surface area contributed by atoms with Crippen molar-refractivity contribution >= 4 is 17.0 Å². The molecule has 1 aliphatic rings. The van der Waals surface area contributed by atoms with Crippen LogP contribution in [0.4, 0.5) is 10.2 Å². The topological polar surface area (TPSA) is 106 Å². The van der Waals surface area contributed by atoms with E-state index in [0.29, 0.717) is 41.6 Å². The van der Waals surface area contributed by atoms with Gasteiger partial charge in [0, 0.05) is 50.4 Å². The molecular weight excluding hydrogens is 489 g/mol. The maximum Gasteiger partial charge on any atom is 0.439 e. The predicted octanol–water partition coefficient (Wildman–Crippen LogP) is 4.28. The molecule has 10 heteroatoms. The Balaban J connectivity index is 1.64. The number of hydrogen-bond acceptors (Lipinski definition) is 8. The fourth-order valence-corrected chi connectivity index (χ4v) is 4.81.